The van der Waals surface area contributed by atoms with Gasteiger partial charge in [0.25, 0.3) is 0 Å². The number of nitriles is 1. The molecule has 3 atom stereocenters. The Kier molecular flexibility index (Phi) is 7.36. The van der Waals surface area contributed by atoms with Crippen molar-refractivity contribution in [1.29, 1.82) is 5.26 Å². The molecule has 2 aromatic heterocycles. The van der Waals surface area contributed by atoms with E-state index in [0.717, 1.165) is 50.1 Å². The molecular weight excluding hydrogens is 634 g/mol. The minimum absolute atomic E-state index is 0.00459. The maximum absolute atomic E-state index is 17.2. The average molecular weight is 667 g/mol. The summed E-state index contributed by atoms with van der Waals surface area (Å²) in [5.41, 5.74) is 6.27. The monoisotopic (exact) mass is 666 g/mol. The molecule has 9 nitrogen and oxygen atoms in total. The van der Waals surface area contributed by atoms with Gasteiger partial charge in [0.1, 0.15) is 34.8 Å². The van der Waals surface area contributed by atoms with Gasteiger partial charge in [-0.1, -0.05) is 24.6 Å². The lowest BCUT2D eigenvalue weighted by Gasteiger charge is -2.34. The Hall–Kier alpha value is -3.50. The highest BCUT2D eigenvalue weighted by molar-refractivity contribution is 7.23. The fraction of sp³-hybridized carbons (Fsp3) is 0.485. The smallest absolute Gasteiger partial charge is 0.319 e. The van der Waals surface area contributed by atoms with Crippen molar-refractivity contribution < 1.29 is 23.0 Å². The number of ether oxygens (including phenoxy) is 3. The molecule has 2 aromatic carbocycles. The van der Waals surface area contributed by atoms with E-state index < -0.39 is 11.6 Å². The van der Waals surface area contributed by atoms with Gasteiger partial charge in [0.15, 0.2) is 11.6 Å². The summed E-state index contributed by atoms with van der Waals surface area (Å²) < 4.78 is 51.0. The predicted octanol–water partition coefficient (Wildman–Crippen LogP) is 6.53. The lowest BCUT2D eigenvalue weighted by Crippen LogP contribution is -2.43. The maximum atomic E-state index is 17.2. The first-order valence-electron chi connectivity index (χ1n) is 15.8. The summed E-state index contributed by atoms with van der Waals surface area (Å²) in [6.07, 6.45) is 4.55. The van der Waals surface area contributed by atoms with Crippen molar-refractivity contribution in [3.05, 3.63) is 34.4 Å². The van der Waals surface area contributed by atoms with Crippen molar-refractivity contribution in [3.63, 3.8) is 0 Å². The first-order chi connectivity index (χ1) is 22.3. The second-order valence-corrected chi connectivity index (χ2v) is 14.4. The molecule has 4 aliphatic rings. The van der Waals surface area contributed by atoms with Gasteiger partial charge < -0.3 is 24.8 Å². The SMILES string of the molecule is C[C@H]1CN2CCC[C@@]2(COc2nc3c4c(c(Cl)c(-c5ccc(F)c6sc(N)c(C#N)c56)c(F)c4n2)OCCC2COCCCN32)C1. The Labute approximate surface area is 273 Å². The number of nitrogen functional groups attached to an aromatic ring is 1. The quantitative estimate of drug-likeness (QED) is 0.260. The topological polar surface area (TPSA) is 110 Å². The van der Waals surface area contributed by atoms with Crippen LogP contribution in [0.15, 0.2) is 12.1 Å². The standard InChI is InChI=1S/C33H33ClF2N6O3S/c1-17-12-33(7-2-8-41(33)14-17)16-45-32-39-27-24-28(44-11-6-18-15-43-10-3-9-42(18)31(24)40-32)25(34)23(26(27)36)19-4-5-21(35)29-22(19)20(13-37)30(38)46-29/h4-5,17-18H,2-3,6-12,14-16,38H2,1H3/t17-,18?,33+/m1/s1. The highest BCUT2D eigenvalue weighted by Gasteiger charge is 2.48. The fourth-order valence-electron chi connectivity index (χ4n) is 8.05. The lowest BCUT2D eigenvalue weighted by molar-refractivity contribution is 0.107. The van der Waals surface area contributed by atoms with Crippen LogP contribution in [0.5, 0.6) is 11.8 Å². The highest BCUT2D eigenvalue weighted by atomic mass is 35.5. The first-order valence-corrected chi connectivity index (χ1v) is 17.0. The normalized spacial score (nSPS) is 24.6. The summed E-state index contributed by atoms with van der Waals surface area (Å²) in [5, 5.41) is 10.6. The number of hydrogen-bond acceptors (Lipinski definition) is 10. The van der Waals surface area contributed by atoms with Crippen LogP contribution in [-0.2, 0) is 4.74 Å². The largest absolute Gasteiger partial charge is 0.491 e. The molecule has 8 rings (SSSR count). The van der Waals surface area contributed by atoms with Crippen LogP contribution < -0.4 is 20.1 Å². The van der Waals surface area contributed by atoms with Crippen molar-refractivity contribution in [3.8, 4) is 29.0 Å². The zero-order valence-electron chi connectivity index (χ0n) is 25.4. The molecule has 4 aliphatic heterocycles. The van der Waals surface area contributed by atoms with E-state index in [1.54, 1.807) is 0 Å². The van der Waals surface area contributed by atoms with Gasteiger partial charge in [-0.15, -0.1) is 11.3 Å². The second-order valence-electron chi connectivity index (χ2n) is 12.9. The zero-order chi connectivity index (χ0) is 31.7. The minimum Gasteiger partial charge on any atom is -0.491 e. The molecule has 6 heterocycles. The fourth-order valence-corrected chi connectivity index (χ4v) is 9.34. The number of aromatic nitrogens is 2. The van der Waals surface area contributed by atoms with Gasteiger partial charge in [-0.3, -0.25) is 4.90 Å². The van der Waals surface area contributed by atoms with Crippen LogP contribution >= 0.6 is 22.9 Å². The van der Waals surface area contributed by atoms with E-state index in [1.165, 1.54) is 12.1 Å². The van der Waals surface area contributed by atoms with Crippen molar-refractivity contribution in [2.24, 2.45) is 5.92 Å². The molecule has 3 saturated heterocycles. The Balaban J connectivity index is 1.36. The van der Waals surface area contributed by atoms with Gasteiger partial charge in [-0.05, 0) is 49.8 Å². The van der Waals surface area contributed by atoms with Crippen LogP contribution in [0.1, 0.15) is 44.6 Å². The molecule has 0 saturated carbocycles. The number of nitrogens with two attached hydrogens (primary N) is 1. The van der Waals surface area contributed by atoms with Crippen LogP contribution in [0.3, 0.4) is 0 Å². The predicted molar refractivity (Wildman–Crippen MR) is 174 cm³/mol. The summed E-state index contributed by atoms with van der Waals surface area (Å²) in [6, 6.07) is 4.75. The molecular formula is C33H33ClF2N6O3S. The van der Waals surface area contributed by atoms with Crippen molar-refractivity contribution in [1.82, 2.24) is 14.9 Å². The molecule has 3 fully saturated rings. The van der Waals surface area contributed by atoms with Gasteiger partial charge in [0.05, 0.1) is 45.5 Å². The molecule has 0 aliphatic carbocycles. The summed E-state index contributed by atoms with van der Waals surface area (Å²) in [5.74, 6) is -0.00816. The Morgan fingerprint density at radius 3 is 2.93 bits per heavy atom. The zero-order valence-corrected chi connectivity index (χ0v) is 26.9. The molecule has 46 heavy (non-hydrogen) atoms. The maximum Gasteiger partial charge on any atom is 0.319 e. The molecule has 1 unspecified atom stereocenters. The molecule has 240 valence electrons. The number of benzene rings is 2. The number of halogens is 3. The summed E-state index contributed by atoms with van der Waals surface area (Å²) in [4.78, 5) is 14.3. The van der Waals surface area contributed by atoms with E-state index in [2.05, 4.69) is 22.8 Å². The molecule has 2 N–H and O–H groups in total. The number of thiophene rings is 1. The van der Waals surface area contributed by atoms with Crippen LogP contribution in [0, 0.1) is 28.9 Å². The van der Waals surface area contributed by atoms with E-state index in [9.17, 15) is 9.65 Å². The molecule has 0 bridgehead atoms. The number of anilines is 2. The van der Waals surface area contributed by atoms with E-state index in [1.807, 2.05) is 0 Å². The summed E-state index contributed by atoms with van der Waals surface area (Å²) in [7, 11) is 0. The highest BCUT2D eigenvalue weighted by Crippen LogP contribution is 2.51. The number of fused-ring (bicyclic) bond motifs is 4. The molecule has 0 amide bonds. The summed E-state index contributed by atoms with van der Waals surface area (Å²) >= 11 is 8.01. The average Bonchev–Trinajstić information content (AvgIpc) is 3.61. The van der Waals surface area contributed by atoms with Crippen LogP contribution in [-0.4, -0.2) is 72.5 Å². The third kappa shape index (κ3) is 4.58. The number of hydrogen-bond donors (Lipinski definition) is 1. The van der Waals surface area contributed by atoms with E-state index in [-0.39, 0.29) is 65.7 Å². The number of rotatable bonds is 4. The molecule has 0 radical (unpaired) electrons. The molecule has 13 heteroatoms. The number of nitrogens with zero attached hydrogens (tertiary/aromatic N) is 5. The van der Waals surface area contributed by atoms with Gasteiger partial charge in [-0.25, -0.2) is 8.78 Å². The van der Waals surface area contributed by atoms with E-state index in [0.29, 0.717) is 56.5 Å². The minimum atomic E-state index is -0.735. The third-order valence-electron chi connectivity index (χ3n) is 10.0. The molecule has 4 aromatic rings. The lowest BCUT2D eigenvalue weighted by atomic mass is 9.92. The third-order valence-corrected chi connectivity index (χ3v) is 11.4. The van der Waals surface area contributed by atoms with Crippen molar-refractivity contribution >= 4 is 54.7 Å². The Morgan fingerprint density at radius 2 is 2.09 bits per heavy atom. The van der Waals surface area contributed by atoms with Crippen molar-refractivity contribution in [2.45, 2.75) is 50.6 Å². The first kappa shape index (κ1) is 29.9. The van der Waals surface area contributed by atoms with Gasteiger partial charge in [0.2, 0.25) is 0 Å². The van der Waals surface area contributed by atoms with E-state index in [4.69, 9.17) is 41.5 Å². The second kappa shape index (κ2) is 11.3. The van der Waals surface area contributed by atoms with Gasteiger partial charge >= 0.3 is 6.01 Å². The Bertz CT molecular complexity index is 1930. The van der Waals surface area contributed by atoms with Crippen molar-refractivity contribution in [2.75, 3.05) is 56.7 Å². The molecule has 0 spiro atoms. The van der Waals surface area contributed by atoms with Gasteiger partial charge in [0, 0.05) is 37.1 Å². The van der Waals surface area contributed by atoms with Crippen LogP contribution in [0.4, 0.5) is 19.6 Å². The van der Waals surface area contributed by atoms with Crippen LogP contribution in [0.25, 0.3) is 32.1 Å². The van der Waals surface area contributed by atoms with Crippen LogP contribution in [0.2, 0.25) is 5.02 Å². The van der Waals surface area contributed by atoms with E-state index >= 15 is 4.39 Å². The van der Waals surface area contributed by atoms with Gasteiger partial charge in [-0.2, -0.15) is 15.2 Å². The summed E-state index contributed by atoms with van der Waals surface area (Å²) in [6.45, 7) is 6.76. The Morgan fingerprint density at radius 1 is 1.22 bits per heavy atom.